The molecule has 2 fully saturated rings. The fraction of sp³-hybridized carbons (Fsp3) is 0.560. The molecule has 1 aromatic carbocycles. The molecule has 0 spiro atoms. The van der Waals surface area contributed by atoms with E-state index < -0.39 is 0 Å². The minimum Gasteiger partial charge on any atom is -0.376 e. The van der Waals surface area contributed by atoms with E-state index >= 15 is 0 Å². The summed E-state index contributed by atoms with van der Waals surface area (Å²) in [5.74, 6) is 0.347. The lowest BCUT2D eigenvalue weighted by Crippen LogP contribution is -2.44. The predicted molar refractivity (Wildman–Crippen MR) is 124 cm³/mol. The van der Waals surface area contributed by atoms with Gasteiger partial charge in [-0.25, -0.2) is 4.68 Å². The van der Waals surface area contributed by atoms with Gasteiger partial charge in [0.05, 0.1) is 6.10 Å². The zero-order chi connectivity index (χ0) is 22.5. The molecule has 0 bridgehead atoms. The van der Waals surface area contributed by atoms with Crippen molar-refractivity contribution >= 4 is 5.91 Å². The third kappa shape index (κ3) is 5.64. The summed E-state index contributed by atoms with van der Waals surface area (Å²) in [6.07, 6.45) is 4.26. The molecule has 0 aliphatic carbocycles. The number of hydrogen-bond donors (Lipinski definition) is 0. The summed E-state index contributed by atoms with van der Waals surface area (Å²) in [6, 6.07) is 11.5. The van der Waals surface area contributed by atoms with Gasteiger partial charge in [-0.3, -0.25) is 14.5 Å². The van der Waals surface area contributed by atoms with Crippen LogP contribution in [-0.4, -0.2) is 64.4 Å². The SMILES string of the molecule is Cc1ccccc1CN1CCC(CN(C[C@H]2CCCO2)C(=O)c2ccc(=O)n(C)n2)CC1. The van der Waals surface area contributed by atoms with Crippen LogP contribution in [0.15, 0.2) is 41.2 Å². The molecule has 2 aromatic rings. The smallest absolute Gasteiger partial charge is 0.274 e. The average Bonchev–Trinajstić information content (AvgIpc) is 3.31. The average molecular weight is 439 g/mol. The molecule has 3 heterocycles. The summed E-state index contributed by atoms with van der Waals surface area (Å²) >= 11 is 0. The first-order chi connectivity index (χ1) is 15.5. The molecule has 7 nitrogen and oxygen atoms in total. The van der Waals surface area contributed by atoms with E-state index in [0.717, 1.165) is 51.9 Å². The molecule has 0 N–H and O–H groups in total. The van der Waals surface area contributed by atoms with Gasteiger partial charge in [-0.15, -0.1) is 0 Å². The Morgan fingerprint density at radius 3 is 2.59 bits per heavy atom. The third-order valence-corrected chi connectivity index (χ3v) is 6.76. The number of likely N-dealkylation sites (tertiary alicyclic amines) is 1. The summed E-state index contributed by atoms with van der Waals surface area (Å²) in [7, 11) is 1.58. The molecule has 2 aliphatic rings. The molecule has 2 saturated heterocycles. The maximum Gasteiger partial charge on any atom is 0.274 e. The van der Waals surface area contributed by atoms with Gasteiger partial charge in [0.25, 0.3) is 11.5 Å². The van der Waals surface area contributed by atoms with E-state index in [9.17, 15) is 9.59 Å². The molecular formula is C25H34N4O3. The van der Waals surface area contributed by atoms with Crippen LogP contribution < -0.4 is 5.56 Å². The number of carbonyl (C=O) groups excluding carboxylic acids is 1. The van der Waals surface area contributed by atoms with E-state index in [1.807, 2.05) is 4.90 Å². The van der Waals surface area contributed by atoms with Gasteiger partial charge in [-0.1, -0.05) is 24.3 Å². The zero-order valence-corrected chi connectivity index (χ0v) is 19.2. The van der Waals surface area contributed by atoms with Crippen molar-refractivity contribution in [1.82, 2.24) is 19.6 Å². The lowest BCUT2D eigenvalue weighted by Gasteiger charge is -2.35. The van der Waals surface area contributed by atoms with Crippen LogP contribution in [0.5, 0.6) is 0 Å². The first kappa shape index (κ1) is 22.7. The van der Waals surface area contributed by atoms with Crippen molar-refractivity contribution in [3.8, 4) is 0 Å². The number of amides is 1. The Bertz CT molecular complexity index is 975. The molecule has 4 rings (SSSR count). The van der Waals surface area contributed by atoms with Gasteiger partial charge in [0.2, 0.25) is 0 Å². The highest BCUT2D eigenvalue weighted by Crippen LogP contribution is 2.23. The number of hydrogen-bond acceptors (Lipinski definition) is 5. The quantitative estimate of drug-likeness (QED) is 0.665. The second kappa shape index (κ2) is 10.4. The second-order valence-corrected chi connectivity index (χ2v) is 9.17. The van der Waals surface area contributed by atoms with Gasteiger partial charge >= 0.3 is 0 Å². The fourth-order valence-corrected chi connectivity index (χ4v) is 4.72. The highest BCUT2D eigenvalue weighted by molar-refractivity contribution is 5.92. The van der Waals surface area contributed by atoms with Crippen LogP contribution in [0.3, 0.4) is 0 Å². The van der Waals surface area contributed by atoms with E-state index in [1.54, 1.807) is 7.05 Å². The Morgan fingerprint density at radius 2 is 1.91 bits per heavy atom. The molecule has 0 unspecified atom stereocenters. The van der Waals surface area contributed by atoms with Crippen molar-refractivity contribution < 1.29 is 9.53 Å². The molecule has 2 aliphatic heterocycles. The number of aryl methyl sites for hydroxylation is 2. The van der Waals surface area contributed by atoms with Crippen LogP contribution in [0.4, 0.5) is 0 Å². The number of carbonyl (C=O) groups is 1. The van der Waals surface area contributed by atoms with Crippen LogP contribution in [0.25, 0.3) is 0 Å². The van der Waals surface area contributed by atoms with Gasteiger partial charge in [-0.05, 0) is 68.8 Å². The van der Waals surface area contributed by atoms with Crippen LogP contribution in [0.1, 0.15) is 47.3 Å². The van der Waals surface area contributed by atoms with Crippen LogP contribution in [-0.2, 0) is 18.3 Å². The Balaban J connectivity index is 1.38. The highest BCUT2D eigenvalue weighted by Gasteiger charge is 2.28. The molecule has 1 aromatic heterocycles. The van der Waals surface area contributed by atoms with E-state index in [1.165, 1.54) is 27.9 Å². The summed E-state index contributed by atoms with van der Waals surface area (Å²) in [4.78, 5) is 29.4. The van der Waals surface area contributed by atoms with Crippen LogP contribution in [0.2, 0.25) is 0 Å². The van der Waals surface area contributed by atoms with Crippen molar-refractivity contribution in [2.45, 2.75) is 45.3 Å². The largest absolute Gasteiger partial charge is 0.376 e. The Morgan fingerprint density at radius 1 is 1.12 bits per heavy atom. The topological polar surface area (TPSA) is 67.7 Å². The normalized spacial score (nSPS) is 19.9. The summed E-state index contributed by atoms with van der Waals surface area (Å²) in [6.45, 7) is 7.30. The zero-order valence-electron chi connectivity index (χ0n) is 19.2. The standard InChI is InChI=1S/C25H34N4O3/c1-19-6-3-4-7-21(19)17-28-13-11-20(12-14-28)16-29(18-22-8-5-15-32-22)25(31)23-9-10-24(30)27(2)26-23/h3-4,6-7,9-10,20,22H,5,8,11-18H2,1-2H3/t22-/m1/s1. The van der Waals surface area contributed by atoms with E-state index in [2.05, 4.69) is 41.2 Å². The predicted octanol–water partition coefficient (Wildman–Crippen LogP) is 2.62. The minimum absolute atomic E-state index is 0.0904. The third-order valence-electron chi connectivity index (χ3n) is 6.76. The van der Waals surface area contributed by atoms with Gasteiger partial charge < -0.3 is 9.64 Å². The van der Waals surface area contributed by atoms with Crippen molar-refractivity contribution in [2.24, 2.45) is 13.0 Å². The molecule has 0 radical (unpaired) electrons. The van der Waals surface area contributed by atoms with E-state index in [0.29, 0.717) is 24.7 Å². The van der Waals surface area contributed by atoms with Crippen molar-refractivity contribution in [2.75, 3.05) is 32.8 Å². The Labute approximate surface area is 190 Å². The first-order valence-electron chi connectivity index (χ1n) is 11.7. The van der Waals surface area contributed by atoms with Gasteiger partial charge in [0.15, 0.2) is 0 Å². The molecule has 0 saturated carbocycles. The molecule has 7 heteroatoms. The first-order valence-corrected chi connectivity index (χ1v) is 11.7. The van der Waals surface area contributed by atoms with Gasteiger partial charge in [0, 0.05) is 39.4 Å². The van der Waals surface area contributed by atoms with Crippen molar-refractivity contribution in [1.29, 1.82) is 0 Å². The van der Waals surface area contributed by atoms with E-state index in [4.69, 9.17) is 4.74 Å². The Kier molecular flexibility index (Phi) is 7.37. The summed E-state index contributed by atoms with van der Waals surface area (Å²) in [5.41, 5.74) is 2.84. The molecule has 1 atom stereocenters. The number of benzene rings is 1. The minimum atomic E-state index is -0.215. The number of piperidine rings is 1. The molecule has 32 heavy (non-hydrogen) atoms. The highest BCUT2D eigenvalue weighted by atomic mass is 16.5. The summed E-state index contributed by atoms with van der Waals surface area (Å²) < 4.78 is 7.04. The second-order valence-electron chi connectivity index (χ2n) is 9.17. The summed E-state index contributed by atoms with van der Waals surface area (Å²) in [5, 5.41) is 4.19. The Hall–Kier alpha value is -2.51. The monoisotopic (exact) mass is 438 g/mol. The molecule has 1 amide bonds. The molecular weight excluding hydrogens is 404 g/mol. The van der Waals surface area contributed by atoms with Crippen molar-refractivity contribution in [3.63, 3.8) is 0 Å². The lowest BCUT2D eigenvalue weighted by atomic mass is 9.95. The fourth-order valence-electron chi connectivity index (χ4n) is 4.72. The lowest BCUT2D eigenvalue weighted by molar-refractivity contribution is 0.0438. The van der Waals surface area contributed by atoms with Crippen molar-refractivity contribution in [3.05, 3.63) is 63.6 Å². The maximum atomic E-state index is 13.3. The van der Waals surface area contributed by atoms with E-state index in [-0.39, 0.29) is 17.6 Å². The number of ether oxygens (including phenoxy) is 1. The van der Waals surface area contributed by atoms with Gasteiger partial charge in [-0.2, -0.15) is 5.10 Å². The van der Waals surface area contributed by atoms with Crippen LogP contribution >= 0.6 is 0 Å². The van der Waals surface area contributed by atoms with Crippen LogP contribution in [0, 0.1) is 12.8 Å². The van der Waals surface area contributed by atoms with Gasteiger partial charge in [0.1, 0.15) is 5.69 Å². The number of rotatable bonds is 7. The maximum absolute atomic E-state index is 13.3. The molecule has 172 valence electrons. The number of nitrogens with zero attached hydrogens (tertiary/aromatic N) is 4. The number of aromatic nitrogens is 2.